The van der Waals surface area contributed by atoms with Crippen molar-refractivity contribution in [2.75, 3.05) is 6.54 Å². The molecule has 1 aliphatic rings. The van der Waals surface area contributed by atoms with Crippen molar-refractivity contribution in [1.29, 1.82) is 0 Å². The lowest BCUT2D eigenvalue weighted by Crippen LogP contribution is -2.32. The van der Waals surface area contributed by atoms with Gasteiger partial charge in [-0.2, -0.15) is 0 Å². The minimum absolute atomic E-state index is 0.245. The monoisotopic (exact) mass is 226 g/mol. The van der Waals surface area contributed by atoms with Gasteiger partial charge in [-0.05, 0) is 25.3 Å². The highest BCUT2D eigenvalue weighted by molar-refractivity contribution is 7.07. The van der Waals surface area contributed by atoms with Crippen LogP contribution in [0, 0.1) is 5.92 Å². The summed E-state index contributed by atoms with van der Waals surface area (Å²) in [6.07, 6.45) is 2.12. The van der Waals surface area contributed by atoms with Crippen molar-refractivity contribution >= 4 is 17.3 Å². The lowest BCUT2D eigenvalue weighted by atomic mass is 9.89. The lowest BCUT2D eigenvalue weighted by molar-refractivity contribution is -0.138. The molecule has 0 saturated carbocycles. The smallest absolute Gasteiger partial charge is 0.303 e. The highest BCUT2D eigenvalue weighted by atomic mass is 32.1. The molecule has 2 unspecified atom stereocenters. The number of hydrogen-bond acceptors (Lipinski definition) is 4. The molecular weight excluding hydrogens is 212 g/mol. The van der Waals surface area contributed by atoms with Crippen LogP contribution in [0.4, 0.5) is 0 Å². The zero-order chi connectivity index (χ0) is 10.7. The van der Waals surface area contributed by atoms with Crippen LogP contribution in [0.15, 0.2) is 10.9 Å². The maximum Gasteiger partial charge on any atom is 0.303 e. The largest absolute Gasteiger partial charge is 0.481 e. The van der Waals surface area contributed by atoms with E-state index in [2.05, 4.69) is 10.3 Å². The molecule has 0 amide bonds. The maximum atomic E-state index is 10.6. The van der Waals surface area contributed by atoms with Gasteiger partial charge in [-0.15, -0.1) is 11.3 Å². The number of carboxylic acids is 1. The third-order valence-corrected chi connectivity index (χ3v) is 3.39. The standard InChI is InChI=1S/C10H14N2O2S/c13-10(14)4-7-1-2-11-8(3-7)9-5-15-6-12-9/h5-8,11H,1-4H2,(H,13,14). The van der Waals surface area contributed by atoms with Gasteiger partial charge in [0, 0.05) is 11.8 Å². The molecule has 5 heteroatoms. The second-order valence-corrected chi connectivity index (χ2v) is 4.63. The molecule has 0 aromatic carbocycles. The molecule has 15 heavy (non-hydrogen) atoms. The van der Waals surface area contributed by atoms with Crippen LogP contribution in [0.1, 0.15) is 31.0 Å². The first-order valence-electron chi connectivity index (χ1n) is 5.09. The number of nitrogens with zero attached hydrogens (tertiary/aromatic N) is 1. The van der Waals surface area contributed by atoms with Gasteiger partial charge in [0.2, 0.25) is 0 Å². The Hall–Kier alpha value is -0.940. The molecule has 1 aliphatic heterocycles. The molecule has 0 radical (unpaired) electrons. The molecule has 82 valence electrons. The molecule has 0 spiro atoms. The molecular formula is C10H14N2O2S. The highest BCUT2D eigenvalue weighted by Gasteiger charge is 2.25. The molecule has 1 saturated heterocycles. The summed E-state index contributed by atoms with van der Waals surface area (Å²) in [5.41, 5.74) is 2.87. The second kappa shape index (κ2) is 4.72. The third-order valence-electron chi connectivity index (χ3n) is 2.78. The van der Waals surface area contributed by atoms with E-state index < -0.39 is 5.97 Å². The fourth-order valence-electron chi connectivity index (χ4n) is 2.05. The molecule has 1 aromatic heterocycles. The van der Waals surface area contributed by atoms with Crippen LogP contribution >= 0.6 is 11.3 Å². The fraction of sp³-hybridized carbons (Fsp3) is 0.600. The van der Waals surface area contributed by atoms with Crippen molar-refractivity contribution in [3.63, 3.8) is 0 Å². The summed E-state index contributed by atoms with van der Waals surface area (Å²) in [6, 6.07) is 0.245. The Morgan fingerprint density at radius 1 is 1.73 bits per heavy atom. The van der Waals surface area contributed by atoms with Crippen LogP contribution < -0.4 is 5.32 Å². The number of aliphatic carboxylic acids is 1. The summed E-state index contributed by atoms with van der Waals surface area (Å²) < 4.78 is 0. The quantitative estimate of drug-likeness (QED) is 0.822. The zero-order valence-electron chi connectivity index (χ0n) is 8.35. The molecule has 2 N–H and O–H groups in total. The summed E-state index contributed by atoms with van der Waals surface area (Å²) >= 11 is 1.58. The van der Waals surface area contributed by atoms with Crippen molar-refractivity contribution in [2.24, 2.45) is 5.92 Å². The van der Waals surface area contributed by atoms with Crippen molar-refractivity contribution < 1.29 is 9.90 Å². The van der Waals surface area contributed by atoms with Gasteiger partial charge in [-0.25, -0.2) is 4.98 Å². The Morgan fingerprint density at radius 2 is 2.60 bits per heavy atom. The molecule has 0 bridgehead atoms. The number of hydrogen-bond donors (Lipinski definition) is 2. The van der Waals surface area contributed by atoms with Crippen LogP contribution in [-0.2, 0) is 4.79 Å². The average Bonchev–Trinajstić information content (AvgIpc) is 2.69. The van der Waals surface area contributed by atoms with E-state index in [4.69, 9.17) is 5.11 Å². The number of aromatic nitrogens is 1. The Balaban J connectivity index is 1.95. The zero-order valence-corrected chi connectivity index (χ0v) is 9.17. The van der Waals surface area contributed by atoms with Gasteiger partial charge in [-0.1, -0.05) is 0 Å². The first-order chi connectivity index (χ1) is 7.25. The van der Waals surface area contributed by atoms with Crippen LogP contribution in [-0.4, -0.2) is 22.6 Å². The second-order valence-electron chi connectivity index (χ2n) is 3.91. The topological polar surface area (TPSA) is 62.2 Å². The predicted molar refractivity (Wildman–Crippen MR) is 57.8 cm³/mol. The number of carbonyl (C=O) groups is 1. The molecule has 4 nitrogen and oxygen atoms in total. The summed E-state index contributed by atoms with van der Waals surface area (Å²) in [4.78, 5) is 14.9. The number of nitrogens with one attached hydrogen (secondary N) is 1. The van der Waals surface area contributed by atoms with E-state index in [0.717, 1.165) is 25.1 Å². The molecule has 0 aliphatic carbocycles. The molecule has 2 rings (SSSR count). The van der Waals surface area contributed by atoms with E-state index in [9.17, 15) is 4.79 Å². The SMILES string of the molecule is O=C(O)CC1CCNC(c2cscn2)C1. The van der Waals surface area contributed by atoms with E-state index in [1.165, 1.54) is 0 Å². The minimum Gasteiger partial charge on any atom is -0.481 e. The summed E-state index contributed by atoms with van der Waals surface area (Å²) in [7, 11) is 0. The van der Waals surface area contributed by atoms with Gasteiger partial charge in [0.25, 0.3) is 0 Å². The van der Waals surface area contributed by atoms with Crippen LogP contribution in [0.3, 0.4) is 0 Å². The van der Waals surface area contributed by atoms with E-state index in [1.54, 1.807) is 11.3 Å². The first-order valence-corrected chi connectivity index (χ1v) is 6.03. The van der Waals surface area contributed by atoms with Crippen LogP contribution in [0.25, 0.3) is 0 Å². The predicted octanol–water partition coefficient (Wildman–Crippen LogP) is 1.66. The normalized spacial score (nSPS) is 26.4. The van der Waals surface area contributed by atoms with Gasteiger partial charge in [0.05, 0.1) is 17.2 Å². The van der Waals surface area contributed by atoms with Gasteiger partial charge in [0.15, 0.2) is 0 Å². The van der Waals surface area contributed by atoms with Crippen molar-refractivity contribution in [2.45, 2.75) is 25.3 Å². The van der Waals surface area contributed by atoms with E-state index >= 15 is 0 Å². The number of rotatable bonds is 3. The average molecular weight is 226 g/mol. The van der Waals surface area contributed by atoms with E-state index in [-0.39, 0.29) is 18.4 Å². The Kier molecular flexibility index (Phi) is 3.33. The van der Waals surface area contributed by atoms with Gasteiger partial charge in [-0.3, -0.25) is 4.79 Å². The Labute approximate surface area is 92.3 Å². The van der Waals surface area contributed by atoms with Crippen LogP contribution in [0.5, 0.6) is 0 Å². The maximum absolute atomic E-state index is 10.6. The summed E-state index contributed by atoms with van der Waals surface area (Å²) in [5.74, 6) is -0.408. The van der Waals surface area contributed by atoms with E-state index in [1.807, 2.05) is 10.9 Å². The van der Waals surface area contributed by atoms with Crippen molar-refractivity contribution in [3.8, 4) is 0 Å². The van der Waals surface area contributed by atoms with Gasteiger partial charge in [0.1, 0.15) is 0 Å². The van der Waals surface area contributed by atoms with Crippen molar-refractivity contribution in [3.05, 3.63) is 16.6 Å². The minimum atomic E-state index is -0.695. The van der Waals surface area contributed by atoms with Gasteiger partial charge < -0.3 is 10.4 Å². The summed E-state index contributed by atoms with van der Waals surface area (Å²) in [5, 5.41) is 14.2. The fourth-order valence-corrected chi connectivity index (χ4v) is 2.66. The number of thiazole rings is 1. The number of piperidine rings is 1. The molecule has 1 aromatic rings. The van der Waals surface area contributed by atoms with E-state index in [0.29, 0.717) is 0 Å². The molecule has 2 heterocycles. The van der Waals surface area contributed by atoms with Gasteiger partial charge >= 0.3 is 5.97 Å². The Bertz CT molecular complexity index is 326. The molecule has 1 fully saturated rings. The lowest BCUT2D eigenvalue weighted by Gasteiger charge is -2.28. The Morgan fingerprint density at radius 3 is 3.27 bits per heavy atom. The highest BCUT2D eigenvalue weighted by Crippen LogP contribution is 2.28. The molecule has 2 atom stereocenters. The van der Waals surface area contributed by atoms with Crippen LogP contribution in [0.2, 0.25) is 0 Å². The third kappa shape index (κ3) is 2.76. The number of carboxylic acid groups (broad SMARTS) is 1. The van der Waals surface area contributed by atoms with Crippen molar-refractivity contribution in [1.82, 2.24) is 10.3 Å². The first kappa shape index (κ1) is 10.6. The summed E-state index contributed by atoms with van der Waals surface area (Å²) in [6.45, 7) is 0.889.